The monoisotopic (exact) mass is 267 g/mol. The third kappa shape index (κ3) is 11.4. The maximum atomic E-state index is 11.3. The highest BCUT2D eigenvalue weighted by Crippen LogP contribution is 2.07. The molecule has 0 spiro atoms. The standard InChI is InChI=1S/C10H21NO5S/c1-8(6-7-15-17(5,13)14)11-9(12)16-10(2,3)4/h8H,6-7H2,1-5H3,(H,11,12)/t8-/m1/s1. The van der Waals surface area contributed by atoms with Crippen molar-refractivity contribution in [2.75, 3.05) is 12.9 Å². The van der Waals surface area contributed by atoms with Gasteiger partial charge in [0, 0.05) is 6.04 Å². The first-order valence-electron chi connectivity index (χ1n) is 5.33. The number of ether oxygens (including phenoxy) is 1. The number of hydrogen-bond acceptors (Lipinski definition) is 5. The van der Waals surface area contributed by atoms with Gasteiger partial charge in [-0.2, -0.15) is 8.42 Å². The summed E-state index contributed by atoms with van der Waals surface area (Å²) < 4.78 is 31.0. The second-order valence-corrected chi connectivity index (χ2v) is 6.51. The van der Waals surface area contributed by atoms with Crippen molar-refractivity contribution in [3.8, 4) is 0 Å². The summed E-state index contributed by atoms with van der Waals surface area (Å²) in [5.74, 6) is 0. The molecule has 0 aliphatic heterocycles. The first kappa shape index (κ1) is 16.2. The zero-order chi connectivity index (χ0) is 13.7. The largest absolute Gasteiger partial charge is 0.444 e. The summed E-state index contributed by atoms with van der Waals surface area (Å²) in [5.41, 5.74) is -0.549. The van der Waals surface area contributed by atoms with Gasteiger partial charge in [0.25, 0.3) is 10.1 Å². The fraction of sp³-hybridized carbons (Fsp3) is 0.900. The van der Waals surface area contributed by atoms with Crippen molar-refractivity contribution >= 4 is 16.2 Å². The van der Waals surface area contributed by atoms with Crippen molar-refractivity contribution in [1.82, 2.24) is 5.32 Å². The van der Waals surface area contributed by atoms with Crippen LogP contribution >= 0.6 is 0 Å². The molecule has 1 atom stereocenters. The molecule has 0 aliphatic carbocycles. The normalized spacial score (nSPS) is 14.2. The first-order valence-corrected chi connectivity index (χ1v) is 7.15. The van der Waals surface area contributed by atoms with Gasteiger partial charge < -0.3 is 10.1 Å². The second kappa shape index (κ2) is 6.20. The number of carbonyl (C=O) groups excluding carboxylic acids is 1. The van der Waals surface area contributed by atoms with Gasteiger partial charge in [-0.3, -0.25) is 4.18 Å². The van der Waals surface area contributed by atoms with Gasteiger partial charge in [-0.25, -0.2) is 4.79 Å². The predicted octanol–water partition coefficient (Wildman–Crippen LogP) is 1.27. The van der Waals surface area contributed by atoms with Crippen LogP contribution < -0.4 is 5.32 Å². The zero-order valence-corrected chi connectivity index (χ0v) is 11.8. The Morgan fingerprint density at radius 3 is 2.29 bits per heavy atom. The summed E-state index contributed by atoms with van der Waals surface area (Å²) in [7, 11) is -3.42. The summed E-state index contributed by atoms with van der Waals surface area (Å²) >= 11 is 0. The lowest BCUT2D eigenvalue weighted by Gasteiger charge is -2.21. The predicted molar refractivity (Wildman–Crippen MR) is 64.2 cm³/mol. The molecule has 0 aromatic rings. The Hall–Kier alpha value is -0.820. The Bertz CT molecular complexity index is 344. The van der Waals surface area contributed by atoms with Gasteiger partial charge in [-0.05, 0) is 34.1 Å². The highest BCUT2D eigenvalue weighted by atomic mass is 32.2. The number of amides is 1. The third-order valence-electron chi connectivity index (χ3n) is 1.61. The number of alkyl carbamates (subject to hydrolysis) is 1. The summed E-state index contributed by atoms with van der Waals surface area (Å²) in [6.45, 7) is 7.09. The third-order valence-corrected chi connectivity index (χ3v) is 2.21. The van der Waals surface area contributed by atoms with Crippen molar-refractivity contribution in [2.45, 2.75) is 45.8 Å². The van der Waals surface area contributed by atoms with Crippen LogP contribution in [0.1, 0.15) is 34.1 Å². The van der Waals surface area contributed by atoms with Crippen molar-refractivity contribution in [3.63, 3.8) is 0 Å². The Morgan fingerprint density at radius 2 is 1.88 bits per heavy atom. The van der Waals surface area contributed by atoms with Crippen LogP contribution in [0.25, 0.3) is 0 Å². The van der Waals surface area contributed by atoms with E-state index in [0.29, 0.717) is 6.42 Å². The lowest BCUT2D eigenvalue weighted by Crippen LogP contribution is -2.38. The molecular weight excluding hydrogens is 246 g/mol. The van der Waals surface area contributed by atoms with Crippen molar-refractivity contribution in [2.24, 2.45) is 0 Å². The van der Waals surface area contributed by atoms with E-state index in [1.54, 1.807) is 27.7 Å². The van der Waals surface area contributed by atoms with E-state index in [0.717, 1.165) is 6.26 Å². The van der Waals surface area contributed by atoms with Gasteiger partial charge >= 0.3 is 6.09 Å². The molecule has 102 valence electrons. The molecule has 0 unspecified atom stereocenters. The lowest BCUT2D eigenvalue weighted by atomic mass is 10.2. The van der Waals surface area contributed by atoms with Gasteiger partial charge in [-0.1, -0.05) is 0 Å². The molecular formula is C10H21NO5S. The molecule has 0 fully saturated rings. The molecule has 0 aromatic heterocycles. The minimum Gasteiger partial charge on any atom is -0.444 e. The van der Waals surface area contributed by atoms with Gasteiger partial charge in [0.2, 0.25) is 0 Å². The first-order chi connectivity index (χ1) is 7.49. The van der Waals surface area contributed by atoms with E-state index in [9.17, 15) is 13.2 Å². The van der Waals surface area contributed by atoms with Gasteiger partial charge in [0.05, 0.1) is 12.9 Å². The van der Waals surface area contributed by atoms with Crippen LogP contribution in [0.15, 0.2) is 0 Å². The molecule has 17 heavy (non-hydrogen) atoms. The molecule has 6 nitrogen and oxygen atoms in total. The van der Waals surface area contributed by atoms with Crippen molar-refractivity contribution in [1.29, 1.82) is 0 Å². The second-order valence-electron chi connectivity index (χ2n) is 4.86. The Balaban J connectivity index is 3.87. The quantitative estimate of drug-likeness (QED) is 0.758. The molecule has 0 bridgehead atoms. The molecule has 0 saturated heterocycles. The number of rotatable bonds is 5. The van der Waals surface area contributed by atoms with Crippen LogP contribution in [-0.4, -0.2) is 39.0 Å². The SMILES string of the molecule is C[C@H](CCOS(C)(=O)=O)NC(=O)OC(C)(C)C. The number of nitrogens with one attached hydrogen (secondary N) is 1. The summed E-state index contributed by atoms with van der Waals surface area (Å²) in [5, 5.41) is 2.59. The maximum Gasteiger partial charge on any atom is 0.407 e. The van der Waals surface area contributed by atoms with E-state index >= 15 is 0 Å². The Labute approximate surface area is 103 Å². The minimum absolute atomic E-state index is 0.0375. The minimum atomic E-state index is -3.42. The van der Waals surface area contributed by atoms with E-state index in [4.69, 9.17) is 4.74 Å². The average molecular weight is 267 g/mol. The average Bonchev–Trinajstić information content (AvgIpc) is 1.96. The van der Waals surface area contributed by atoms with E-state index in [2.05, 4.69) is 9.50 Å². The van der Waals surface area contributed by atoms with Crippen LogP contribution in [-0.2, 0) is 19.0 Å². The van der Waals surface area contributed by atoms with Gasteiger partial charge in [-0.15, -0.1) is 0 Å². The number of hydrogen-bond donors (Lipinski definition) is 1. The zero-order valence-electron chi connectivity index (χ0n) is 10.9. The smallest absolute Gasteiger partial charge is 0.407 e. The van der Waals surface area contributed by atoms with E-state index in [1.807, 2.05) is 0 Å². The molecule has 0 aromatic carbocycles. The molecule has 0 rings (SSSR count). The molecule has 0 aliphatic rings. The van der Waals surface area contributed by atoms with Gasteiger partial charge in [0.15, 0.2) is 0 Å². The summed E-state index contributed by atoms with van der Waals surface area (Å²) in [4.78, 5) is 11.3. The van der Waals surface area contributed by atoms with Crippen LogP contribution in [0.5, 0.6) is 0 Å². The highest BCUT2D eigenvalue weighted by Gasteiger charge is 2.17. The van der Waals surface area contributed by atoms with Crippen LogP contribution in [0.4, 0.5) is 4.79 Å². The molecule has 0 heterocycles. The van der Waals surface area contributed by atoms with Crippen molar-refractivity contribution in [3.05, 3.63) is 0 Å². The summed E-state index contributed by atoms with van der Waals surface area (Å²) in [6.07, 6.45) is 0.856. The molecule has 1 N–H and O–H groups in total. The fourth-order valence-corrected chi connectivity index (χ4v) is 1.36. The highest BCUT2D eigenvalue weighted by molar-refractivity contribution is 7.85. The topological polar surface area (TPSA) is 81.7 Å². The Morgan fingerprint density at radius 1 is 1.35 bits per heavy atom. The van der Waals surface area contributed by atoms with Gasteiger partial charge in [0.1, 0.15) is 5.60 Å². The van der Waals surface area contributed by atoms with E-state index in [1.165, 1.54) is 0 Å². The van der Waals surface area contributed by atoms with Crippen LogP contribution in [0.2, 0.25) is 0 Å². The molecule has 1 amide bonds. The van der Waals surface area contributed by atoms with Crippen molar-refractivity contribution < 1.29 is 22.1 Å². The van der Waals surface area contributed by atoms with E-state index < -0.39 is 21.8 Å². The summed E-state index contributed by atoms with van der Waals surface area (Å²) in [6, 6.07) is -0.216. The molecule has 0 saturated carbocycles. The molecule has 0 radical (unpaired) electrons. The van der Waals surface area contributed by atoms with Crippen LogP contribution in [0.3, 0.4) is 0 Å². The van der Waals surface area contributed by atoms with E-state index in [-0.39, 0.29) is 12.6 Å². The lowest BCUT2D eigenvalue weighted by molar-refractivity contribution is 0.0504. The fourth-order valence-electron chi connectivity index (χ4n) is 0.957. The molecule has 7 heteroatoms. The van der Waals surface area contributed by atoms with Crippen LogP contribution in [0, 0.1) is 0 Å². The maximum absolute atomic E-state index is 11.3. The Kier molecular flexibility index (Phi) is 5.91. The number of carbonyl (C=O) groups is 1.